The van der Waals surface area contributed by atoms with Crippen LogP contribution in [0.1, 0.15) is 16.8 Å². The van der Waals surface area contributed by atoms with Crippen LogP contribution < -0.4 is 5.32 Å². The molecule has 0 saturated heterocycles. The first kappa shape index (κ1) is 16.2. The molecular formula is C20H18ClN3S. The van der Waals surface area contributed by atoms with Crippen molar-refractivity contribution in [2.24, 2.45) is 0 Å². The number of anilines is 2. The van der Waals surface area contributed by atoms with Gasteiger partial charge >= 0.3 is 0 Å². The number of aryl methyl sites for hydroxylation is 3. The lowest BCUT2D eigenvalue weighted by molar-refractivity contribution is 1.09. The van der Waals surface area contributed by atoms with Crippen LogP contribution in [0, 0.1) is 20.8 Å². The zero-order valence-electron chi connectivity index (χ0n) is 14.3. The van der Waals surface area contributed by atoms with E-state index in [0.29, 0.717) is 0 Å². The lowest BCUT2D eigenvalue weighted by atomic mass is 10.1. The van der Waals surface area contributed by atoms with E-state index in [1.165, 1.54) is 11.1 Å². The molecule has 0 unspecified atom stereocenters. The van der Waals surface area contributed by atoms with Crippen LogP contribution in [-0.4, -0.2) is 9.38 Å². The van der Waals surface area contributed by atoms with E-state index in [1.54, 1.807) is 11.3 Å². The molecule has 0 fully saturated rings. The number of benzene rings is 1. The predicted octanol–water partition coefficient (Wildman–Crippen LogP) is 6.39. The number of aromatic nitrogens is 2. The van der Waals surface area contributed by atoms with Crippen LogP contribution in [0.2, 0.25) is 4.34 Å². The third-order valence-electron chi connectivity index (χ3n) is 4.37. The summed E-state index contributed by atoms with van der Waals surface area (Å²) >= 11 is 7.71. The molecule has 5 heteroatoms. The van der Waals surface area contributed by atoms with Crippen LogP contribution >= 0.6 is 22.9 Å². The Morgan fingerprint density at radius 2 is 1.68 bits per heavy atom. The molecule has 3 aromatic heterocycles. The maximum Gasteiger partial charge on any atom is 0.144 e. The third-order valence-corrected chi connectivity index (χ3v) is 5.61. The molecule has 0 aliphatic carbocycles. The number of para-hydroxylation sites is 1. The average Bonchev–Trinajstić information content (AvgIpc) is 3.15. The van der Waals surface area contributed by atoms with Gasteiger partial charge in [-0.3, -0.25) is 4.40 Å². The van der Waals surface area contributed by atoms with E-state index < -0.39 is 0 Å². The molecule has 1 aromatic carbocycles. The third kappa shape index (κ3) is 2.81. The van der Waals surface area contributed by atoms with E-state index in [-0.39, 0.29) is 0 Å². The van der Waals surface area contributed by atoms with Gasteiger partial charge in [-0.15, -0.1) is 11.3 Å². The summed E-state index contributed by atoms with van der Waals surface area (Å²) in [6.45, 7) is 6.33. The number of hydrogen-bond acceptors (Lipinski definition) is 3. The van der Waals surface area contributed by atoms with Crippen molar-refractivity contribution in [1.82, 2.24) is 9.38 Å². The summed E-state index contributed by atoms with van der Waals surface area (Å²) in [5.74, 6) is 0.976. The summed E-state index contributed by atoms with van der Waals surface area (Å²) in [5.41, 5.74) is 6.52. The summed E-state index contributed by atoms with van der Waals surface area (Å²) in [6.07, 6.45) is 0. The van der Waals surface area contributed by atoms with Gasteiger partial charge in [0.15, 0.2) is 0 Å². The maximum absolute atomic E-state index is 6.17. The van der Waals surface area contributed by atoms with Gasteiger partial charge in [0.2, 0.25) is 0 Å². The molecule has 0 aliphatic heterocycles. The normalized spacial score (nSPS) is 11.2. The first-order chi connectivity index (χ1) is 12.0. The Hall–Kier alpha value is -2.30. The van der Waals surface area contributed by atoms with Gasteiger partial charge in [0.1, 0.15) is 17.2 Å². The highest BCUT2D eigenvalue weighted by Gasteiger charge is 2.18. The molecular weight excluding hydrogens is 350 g/mol. The molecule has 3 heterocycles. The standard InChI is InChI=1S/C20H18ClN3S/c1-12-6-4-7-13(2)18(12)23-20-19(15-10-11-16(21)25-15)22-17-9-5-8-14(3)24(17)20/h4-11,23H,1-3H3. The first-order valence-corrected chi connectivity index (χ1v) is 9.31. The lowest BCUT2D eigenvalue weighted by Gasteiger charge is -2.14. The molecule has 25 heavy (non-hydrogen) atoms. The minimum atomic E-state index is 0.766. The van der Waals surface area contributed by atoms with Crippen LogP contribution in [0.3, 0.4) is 0 Å². The van der Waals surface area contributed by atoms with Crippen molar-refractivity contribution < 1.29 is 0 Å². The Labute approximate surface area is 155 Å². The van der Waals surface area contributed by atoms with Crippen molar-refractivity contribution in [3.05, 3.63) is 69.7 Å². The van der Waals surface area contributed by atoms with Crippen molar-refractivity contribution >= 4 is 40.1 Å². The summed E-state index contributed by atoms with van der Waals surface area (Å²) in [7, 11) is 0. The molecule has 0 amide bonds. The van der Waals surface area contributed by atoms with E-state index in [0.717, 1.165) is 37.8 Å². The fourth-order valence-electron chi connectivity index (χ4n) is 3.11. The fraction of sp³-hybridized carbons (Fsp3) is 0.150. The Morgan fingerprint density at radius 1 is 0.960 bits per heavy atom. The van der Waals surface area contributed by atoms with E-state index >= 15 is 0 Å². The number of thiophene rings is 1. The van der Waals surface area contributed by atoms with Crippen LogP contribution in [-0.2, 0) is 0 Å². The van der Waals surface area contributed by atoms with Crippen molar-refractivity contribution in [1.29, 1.82) is 0 Å². The second kappa shape index (κ2) is 6.21. The Morgan fingerprint density at radius 3 is 2.36 bits per heavy atom. The molecule has 0 spiro atoms. The quantitative estimate of drug-likeness (QED) is 0.455. The largest absolute Gasteiger partial charge is 0.339 e. The van der Waals surface area contributed by atoms with E-state index in [1.807, 2.05) is 24.3 Å². The summed E-state index contributed by atoms with van der Waals surface area (Å²) in [4.78, 5) is 5.92. The van der Waals surface area contributed by atoms with Gasteiger partial charge in [-0.25, -0.2) is 4.98 Å². The van der Waals surface area contributed by atoms with Crippen LogP contribution in [0.15, 0.2) is 48.5 Å². The van der Waals surface area contributed by atoms with Crippen molar-refractivity contribution in [2.75, 3.05) is 5.32 Å². The molecule has 0 atom stereocenters. The van der Waals surface area contributed by atoms with Gasteiger partial charge in [0, 0.05) is 11.4 Å². The monoisotopic (exact) mass is 367 g/mol. The highest BCUT2D eigenvalue weighted by atomic mass is 35.5. The molecule has 3 nitrogen and oxygen atoms in total. The zero-order valence-corrected chi connectivity index (χ0v) is 15.9. The topological polar surface area (TPSA) is 29.3 Å². The van der Waals surface area contributed by atoms with Crippen molar-refractivity contribution in [3.63, 3.8) is 0 Å². The lowest BCUT2D eigenvalue weighted by Crippen LogP contribution is -2.02. The molecule has 0 aliphatic rings. The second-order valence-corrected chi connectivity index (χ2v) is 7.88. The Bertz CT molecular complexity index is 1060. The van der Waals surface area contributed by atoms with Gasteiger partial charge in [0.25, 0.3) is 0 Å². The molecule has 1 N–H and O–H groups in total. The second-order valence-electron chi connectivity index (χ2n) is 6.17. The van der Waals surface area contributed by atoms with E-state index in [4.69, 9.17) is 16.6 Å². The van der Waals surface area contributed by atoms with Gasteiger partial charge in [-0.2, -0.15) is 0 Å². The van der Waals surface area contributed by atoms with Crippen molar-refractivity contribution in [3.8, 4) is 10.6 Å². The zero-order chi connectivity index (χ0) is 17.6. The molecule has 4 aromatic rings. The van der Waals surface area contributed by atoms with Crippen LogP contribution in [0.25, 0.3) is 16.2 Å². The summed E-state index contributed by atoms with van der Waals surface area (Å²) in [6, 6.07) is 16.4. The SMILES string of the molecule is Cc1cccc(C)c1Nc1c(-c2ccc(Cl)s2)nc2cccc(C)n12. The predicted molar refractivity (Wildman–Crippen MR) is 107 cm³/mol. The number of hydrogen-bond donors (Lipinski definition) is 1. The number of nitrogens with one attached hydrogen (secondary N) is 1. The van der Waals surface area contributed by atoms with Crippen LogP contribution in [0.5, 0.6) is 0 Å². The number of imidazole rings is 1. The van der Waals surface area contributed by atoms with Gasteiger partial charge in [-0.05, 0) is 56.2 Å². The summed E-state index contributed by atoms with van der Waals surface area (Å²) in [5, 5.41) is 3.64. The summed E-state index contributed by atoms with van der Waals surface area (Å²) < 4.78 is 2.93. The molecule has 126 valence electrons. The molecule has 0 saturated carbocycles. The molecule has 0 bridgehead atoms. The molecule has 0 radical (unpaired) electrons. The highest BCUT2D eigenvalue weighted by molar-refractivity contribution is 7.19. The van der Waals surface area contributed by atoms with Crippen molar-refractivity contribution in [2.45, 2.75) is 20.8 Å². The first-order valence-electron chi connectivity index (χ1n) is 8.11. The smallest absolute Gasteiger partial charge is 0.144 e. The van der Waals surface area contributed by atoms with E-state index in [9.17, 15) is 0 Å². The number of pyridine rings is 1. The number of fused-ring (bicyclic) bond motifs is 1. The molecule has 4 rings (SSSR count). The Kier molecular flexibility index (Phi) is 4.02. The number of rotatable bonds is 3. The van der Waals surface area contributed by atoms with Gasteiger partial charge in [-0.1, -0.05) is 35.9 Å². The minimum absolute atomic E-state index is 0.766. The number of nitrogens with zero attached hydrogens (tertiary/aromatic N) is 2. The average molecular weight is 368 g/mol. The van der Waals surface area contributed by atoms with Crippen LogP contribution in [0.4, 0.5) is 11.5 Å². The highest BCUT2D eigenvalue weighted by Crippen LogP contribution is 2.38. The number of halogens is 1. The maximum atomic E-state index is 6.17. The van der Waals surface area contributed by atoms with E-state index in [2.05, 4.69) is 54.8 Å². The van der Waals surface area contributed by atoms with Gasteiger partial charge < -0.3 is 5.32 Å². The fourth-order valence-corrected chi connectivity index (χ4v) is 4.15. The Balaban J connectivity index is 1.97. The van der Waals surface area contributed by atoms with Gasteiger partial charge in [0.05, 0.1) is 9.21 Å². The minimum Gasteiger partial charge on any atom is -0.339 e.